The third kappa shape index (κ3) is 8.97. The predicted molar refractivity (Wildman–Crippen MR) is 273 cm³/mol. The maximum atomic E-state index is 11.5. The molecule has 0 aliphatic rings. The number of phenols is 1. The molecule has 66 heavy (non-hydrogen) atoms. The van der Waals surface area contributed by atoms with E-state index in [1.165, 1.54) is 6.07 Å². The second kappa shape index (κ2) is 17.8. The Labute approximate surface area is 432 Å². The van der Waals surface area contributed by atoms with E-state index >= 15 is 0 Å². The average molecular weight is 1060 g/mol. The van der Waals surface area contributed by atoms with Crippen LogP contribution in [0.1, 0.15) is 110 Å². The first-order valence-corrected chi connectivity index (χ1v) is 21.2. The van der Waals surface area contributed by atoms with E-state index in [4.69, 9.17) is 29.7 Å². The minimum absolute atomic E-state index is 0. The van der Waals surface area contributed by atoms with Gasteiger partial charge in [0, 0.05) is 49.4 Å². The van der Waals surface area contributed by atoms with Crippen LogP contribution in [0.5, 0.6) is 5.75 Å². The Hall–Kier alpha value is -6.35. The van der Waals surface area contributed by atoms with Crippen LogP contribution in [0.15, 0.2) is 164 Å². The number of aryl methyl sites for hydroxylation is 1. The van der Waals surface area contributed by atoms with Crippen LogP contribution in [0.4, 0.5) is 0 Å². The van der Waals surface area contributed by atoms with Crippen molar-refractivity contribution in [3.63, 3.8) is 0 Å². The smallest absolute Gasteiger partial charge is 0.148 e. The van der Waals surface area contributed by atoms with E-state index in [2.05, 4.69) is 31.8 Å². The number of benzene rings is 7. The molecule has 0 unspecified atom stereocenters. The number of para-hydroxylation sites is 2. The SMILES string of the molecule is [2H]c1nc(-c2[c-]c(-c3cccc4c3nc(-c3ccccc3O)n4-c3ccc(-c4c(-c5ccccc5)cccc4C(C)(C)C)cc3C([2H])([2H])[2H])cc(C(C)(C)C)c2)c([2H])c(-c2c([2H])c([2H])c(C(C([2H])([2H])[2H])(C([2H])([2H])[2H])C([2H])([2H])[2H])c([2H])c2[2H])c1[2H].[Pt]. The fourth-order valence-corrected chi connectivity index (χ4v) is 8.11. The molecule has 7 aromatic carbocycles. The Balaban J connectivity index is 0.00000940. The molecule has 9 aromatic rings. The number of fused-ring (bicyclic) bond motifs is 1. The number of nitrogens with zero attached hydrogens (tertiary/aromatic N) is 3. The van der Waals surface area contributed by atoms with E-state index in [0.717, 1.165) is 22.3 Å². The van der Waals surface area contributed by atoms with Gasteiger partial charge >= 0.3 is 0 Å². The predicted octanol–water partition coefficient (Wildman–Crippen LogP) is 16.1. The number of imidazole rings is 1. The van der Waals surface area contributed by atoms with Gasteiger partial charge in [-0.05, 0) is 110 Å². The van der Waals surface area contributed by atoms with Gasteiger partial charge in [-0.25, -0.2) is 4.98 Å². The van der Waals surface area contributed by atoms with Crippen LogP contribution in [0, 0.1) is 12.9 Å². The molecule has 1 N–H and O–H groups in total. The number of pyridine rings is 1. The molecule has 0 amide bonds. The van der Waals surface area contributed by atoms with Crippen LogP contribution in [-0.2, 0) is 37.3 Å². The maximum absolute atomic E-state index is 11.5. The molecule has 4 nitrogen and oxygen atoms in total. The summed E-state index contributed by atoms with van der Waals surface area (Å²) in [6.45, 7) is -2.52. The molecule has 0 atom stereocenters. The van der Waals surface area contributed by atoms with Crippen LogP contribution in [0.2, 0.25) is 0 Å². The van der Waals surface area contributed by atoms with E-state index in [0.29, 0.717) is 33.3 Å². The van der Waals surface area contributed by atoms with Gasteiger partial charge < -0.3 is 5.11 Å². The summed E-state index contributed by atoms with van der Waals surface area (Å²) in [5, 5.41) is 11.5. The fraction of sp³-hybridized carbons (Fsp3) is 0.213. The number of phenolic OH excluding ortho intramolecular Hbond substituents is 1. The third-order valence-electron chi connectivity index (χ3n) is 11.4. The molecule has 9 rings (SSSR count). The molecule has 2 heterocycles. The van der Waals surface area contributed by atoms with Crippen molar-refractivity contribution in [2.45, 2.75) is 85.2 Å². The Bertz CT molecular complexity index is 4030. The zero-order valence-electron chi connectivity index (χ0n) is 56.2. The van der Waals surface area contributed by atoms with Crippen molar-refractivity contribution in [3.05, 3.63) is 192 Å². The summed E-state index contributed by atoms with van der Waals surface area (Å²) in [5.74, 6) is 0.0415. The number of hydrogen-bond acceptors (Lipinski definition) is 3. The van der Waals surface area contributed by atoms with Crippen molar-refractivity contribution in [3.8, 4) is 78.6 Å². The third-order valence-corrected chi connectivity index (χ3v) is 11.4. The zero-order chi connectivity index (χ0) is 61.9. The minimum atomic E-state index is -3.95. The number of rotatable bonds is 7. The monoisotopic (exact) mass is 1060 g/mol. The van der Waals surface area contributed by atoms with E-state index < -0.39 is 97.4 Å². The van der Waals surface area contributed by atoms with E-state index in [1.54, 1.807) is 59.2 Å². The Morgan fingerprint density at radius 3 is 2.02 bits per heavy atom. The molecule has 0 saturated carbocycles. The summed E-state index contributed by atoms with van der Waals surface area (Å²) in [4.78, 5) is 9.54. The molecular weight excluding hydrogens is 986 g/mol. The van der Waals surface area contributed by atoms with Gasteiger partial charge in [0.15, 0.2) is 0 Å². The van der Waals surface area contributed by atoms with Crippen molar-refractivity contribution < 1.29 is 52.2 Å². The molecule has 0 spiro atoms. The van der Waals surface area contributed by atoms with Crippen molar-refractivity contribution >= 4 is 11.0 Å². The molecule has 334 valence electrons. The Morgan fingerprint density at radius 2 is 1.30 bits per heavy atom. The summed E-state index contributed by atoms with van der Waals surface area (Å²) < 4.78 is 167. The molecule has 5 heteroatoms. The topological polar surface area (TPSA) is 50.9 Å². The molecule has 0 fully saturated rings. The summed E-state index contributed by atoms with van der Waals surface area (Å²) in [5.41, 5.74) is -1.10. The van der Waals surface area contributed by atoms with Gasteiger partial charge in [0.2, 0.25) is 0 Å². The first kappa shape index (κ1) is 28.0. The summed E-state index contributed by atoms with van der Waals surface area (Å²) in [6.07, 6.45) is -0.794. The van der Waals surface area contributed by atoms with Crippen LogP contribution < -0.4 is 0 Å². The molecule has 0 radical (unpaired) electrons. The Morgan fingerprint density at radius 1 is 0.606 bits per heavy atom. The van der Waals surface area contributed by atoms with E-state index in [9.17, 15) is 6.48 Å². The standard InChI is InChI=1S/C61H58N3O.Pt/c1-39-34-43(56-48(41-18-12-11-13-19-41)21-16-23-51(56)61(8,9)10)28-31-53(39)64-54-24-17-22-49(57(54)63-58(64)50-20-14-15-25-55(50)65)44-35-45(37-47(36-44)60(5,6)7)52-38-42(32-33-62-52)40-26-29-46(30-27-40)59(2,3)4;/h11-34,36-38,65H,1-10H3;/q-1;/i1D3,2D3,3D3,4D3,26D,27D,29D,30D,32D,33D,38D;. The zero-order valence-corrected chi connectivity index (χ0v) is 39.4. The van der Waals surface area contributed by atoms with Crippen LogP contribution >= 0.6 is 0 Å². The van der Waals surface area contributed by atoms with Crippen LogP contribution in [-0.4, -0.2) is 19.6 Å². The summed E-state index contributed by atoms with van der Waals surface area (Å²) in [6, 6.07) is 33.3. The maximum Gasteiger partial charge on any atom is 0.148 e. The molecule has 0 aliphatic heterocycles. The average Bonchev–Trinajstić information content (AvgIpc) is 1.10. The normalized spacial score (nSPS) is 17.0. The van der Waals surface area contributed by atoms with Crippen LogP contribution in [0.25, 0.3) is 83.9 Å². The van der Waals surface area contributed by atoms with Crippen molar-refractivity contribution in [1.29, 1.82) is 0 Å². The molecular formula is C61H58N3OPt-. The first-order valence-electron chi connectivity index (χ1n) is 30.7. The number of aromatic hydroxyl groups is 1. The summed E-state index contributed by atoms with van der Waals surface area (Å²) in [7, 11) is 0. The van der Waals surface area contributed by atoms with Gasteiger partial charge in [-0.3, -0.25) is 9.55 Å². The van der Waals surface area contributed by atoms with E-state index in [-0.39, 0.29) is 66.1 Å². The van der Waals surface area contributed by atoms with Gasteiger partial charge in [-0.15, -0.1) is 29.3 Å². The van der Waals surface area contributed by atoms with Crippen molar-refractivity contribution in [2.75, 3.05) is 0 Å². The molecule has 0 aliphatic carbocycles. The molecule has 2 aromatic heterocycles. The van der Waals surface area contributed by atoms with Crippen LogP contribution in [0.3, 0.4) is 0 Å². The minimum Gasteiger partial charge on any atom is -0.507 e. The molecule has 0 bridgehead atoms. The second-order valence-corrected chi connectivity index (χ2v) is 18.2. The number of aromatic nitrogens is 3. The number of hydrogen-bond donors (Lipinski definition) is 1. The fourth-order valence-electron chi connectivity index (χ4n) is 8.11. The van der Waals surface area contributed by atoms with Gasteiger partial charge in [-0.2, -0.15) is 0 Å². The van der Waals surface area contributed by atoms with E-state index in [1.807, 2.05) is 81.4 Å². The molecule has 0 saturated heterocycles. The second-order valence-electron chi connectivity index (χ2n) is 18.2. The van der Waals surface area contributed by atoms with Crippen molar-refractivity contribution in [2.24, 2.45) is 0 Å². The quantitative estimate of drug-likeness (QED) is 0.162. The van der Waals surface area contributed by atoms with Crippen molar-refractivity contribution in [1.82, 2.24) is 14.5 Å². The largest absolute Gasteiger partial charge is 0.507 e. The Kier molecular flexibility index (Phi) is 7.54. The van der Waals surface area contributed by atoms with Gasteiger partial charge in [0.25, 0.3) is 0 Å². The van der Waals surface area contributed by atoms with Gasteiger partial charge in [0.1, 0.15) is 11.6 Å². The first-order chi connectivity index (χ1) is 38.8. The summed E-state index contributed by atoms with van der Waals surface area (Å²) >= 11 is 0. The van der Waals surface area contributed by atoms with Gasteiger partial charge in [-0.1, -0.05) is 182 Å². The van der Waals surface area contributed by atoms with Gasteiger partial charge in [0.05, 0.1) is 31.9 Å².